The zero-order valence-electron chi connectivity index (χ0n) is 15.4. The molecular formula is C18H20F3N3O4S. The summed E-state index contributed by atoms with van der Waals surface area (Å²) in [6, 6.07) is 4.74. The molecule has 3 rings (SSSR count). The maximum absolute atomic E-state index is 12.8. The third kappa shape index (κ3) is 6.55. The van der Waals surface area contributed by atoms with E-state index in [1.807, 2.05) is 0 Å². The van der Waals surface area contributed by atoms with E-state index in [1.165, 1.54) is 12.1 Å². The maximum Gasteiger partial charge on any atom is 0.416 e. The normalized spacial score (nSPS) is 14.7. The monoisotopic (exact) mass is 431 g/mol. The van der Waals surface area contributed by atoms with E-state index in [9.17, 15) is 26.4 Å². The predicted octanol–water partition coefficient (Wildman–Crippen LogP) is 2.77. The van der Waals surface area contributed by atoms with Crippen molar-refractivity contribution in [1.82, 2.24) is 15.5 Å². The summed E-state index contributed by atoms with van der Waals surface area (Å²) in [6.45, 7) is 0. The van der Waals surface area contributed by atoms with Gasteiger partial charge in [-0.3, -0.25) is 4.79 Å². The molecule has 1 aliphatic carbocycles. The summed E-state index contributed by atoms with van der Waals surface area (Å²) in [5.41, 5.74) is -0.665. The Morgan fingerprint density at radius 1 is 1.24 bits per heavy atom. The van der Waals surface area contributed by atoms with Crippen LogP contribution in [0.3, 0.4) is 0 Å². The van der Waals surface area contributed by atoms with Gasteiger partial charge < -0.3 is 9.84 Å². The van der Waals surface area contributed by atoms with Gasteiger partial charge in [0.05, 0.1) is 17.1 Å². The Morgan fingerprint density at radius 3 is 2.69 bits per heavy atom. The van der Waals surface area contributed by atoms with Gasteiger partial charge in [0.2, 0.25) is 17.6 Å². The molecule has 1 aliphatic rings. The number of hydrogen-bond donors (Lipinski definition) is 1. The van der Waals surface area contributed by atoms with Crippen LogP contribution in [0.5, 0.6) is 0 Å². The molecule has 1 N–H and O–H groups in total. The molecule has 0 aliphatic heterocycles. The van der Waals surface area contributed by atoms with Crippen LogP contribution in [0.15, 0.2) is 28.8 Å². The van der Waals surface area contributed by atoms with Crippen LogP contribution in [0.1, 0.15) is 37.1 Å². The quantitative estimate of drug-likeness (QED) is 0.655. The first kappa shape index (κ1) is 21.3. The third-order valence-corrected chi connectivity index (χ3v) is 6.08. The first-order valence-corrected chi connectivity index (χ1v) is 10.9. The van der Waals surface area contributed by atoms with Gasteiger partial charge in [-0.1, -0.05) is 17.3 Å². The Labute approximate surface area is 165 Å². The Bertz CT molecular complexity index is 969. The number of hydrogen-bond acceptors (Lipinski definition) is 6. The van der Waals surface area contributed by atoms with E-state index in [1.54, 1.807) is 0 Å². The van der Waals surface area contributed by atoms with Crippen LogP contribution < -0.4 is 5.32 Å². The molecule has 1 heterocycles. The largest absolute Gasteiger partial charge is 0.416 e. The van der Waals surface area contributed by atoms with E-state index in [2.05, 4.69) is 15.5 Å². The molecule has 11 heteroatoms. The number of alkyl halides is 3. The molecule has 1 aromatic heterocycles. The maximum atomic E-state index is 12.8. The molecule has 1 aromatic carbocycles. The second-order valence-corrected chi connectivity index (χ2v) is 9.24. The number of aromatic nitrogens is 2. The molecule has 1 fully saturated rings. The van der Waals surface area contributed by atoms with Crippen molar-refractivity contribution in [2.45, 2.75) is 44.3 Å². The first-order chi connectivity index (χ1) is 13.6. The van der Waals surface area contributed by atoms with E-state index >= 15 is 0 Å². The number of carbonyl (C=O) groups is 1. The fraction of sp³-hybridized carbons (Fsp3) is 0.500. The lowest BCUT2D eigenvalue weighted by Gasteiger charge is -2.06. The second-order valence-electron chi connectivity index (χ2n) is 6.94. The number of carbonyl (C=O) groups excluding carboxylic acids is 1. The molecule has 0 radical (unpaired) electrons. The molecule has 0 unspecified atom stereocenters. The van der Waals surface area contributed by atoms with Crippen molar-refractivity contribution in [3.05, 3.63) is 35.7 Å². The molecule has 29 heavy (non-hydrogen) atoms. The minimum absolute atomic E-state index is 0.00528. The number of benzene rings is 1. The number of sulfone groups is 1. The highest BCUT2D eigenvalue weighted by molar-refractivity contribution is 7.91. The Balaban J connectivity index is 1.49. The van der Waals surface area contributed by atoms with Crippen LogP contribution >= 0.6 is 0 Å². The molecule has 0 atom stereocenters. The van der Waals surface area contributed by atoms with Crippen LogP contribution in [0.2, 0.25) is 0 Å². The van der Waals surface area contributed by atoms with Gasteiger partial charge in [0.15, 0.2) is 9.84 Å². The number of nitrogens with zero attached hydrogens (tertiary/aromatic N) is 2. The molecule has 7 nitrogen and oxygen atoms in total. The minimum Gasteiger partial charge on any atom is -0.353 e. The topological polar surface area (TPSA) is 102 Å². The van der Waals surface area contributed by atoms with Crippen LogP contribution in [0, 0.1) is 0 Å². The van der Waals surface area contributed by atoms with Crippen LogP contribution in [0.4, 0.5) is 13.2 Å². The van der Waals surface area contributed by atoms with Crippen molar-refractivity contribution >= 4 is 15.7 Å². The highest BCUT2D eigenvalue weighted by Gasteiger charge is 2.30. The van der Waals surface area contributed by atoms with Gasteiger partial charge in [-0.2, -0.15) is 18.2 Å². The standard InChI is InChI=1S/C18H20F3N3O4S/c19-18(20,21)13-4-1-3-12(11-13)17-23-16(28-24-17)5-2-9-29(26,27)10-8-15(25)22-14-6-7-14/h1,3-4,11,14H,2,5-10H2,(H,22,25). The lowest BCUT2D eigenvalue weighted by atomic mass is 10.1. The van der Waals surface area contributed by atoms with Crippen LogP contribution in [0.25, 0.3) is 11.4 Å². The Hall–Kier alpha value is -2.43. The second kappa shape index (κ2) is 8.52. The average Bonchev–Trinajstić information content (AvgIpc) is 3.33. The molecule has 1 amide bonds. The Kier molecular flexibility index (Phi) is 6.25. The van der Waals surface area contributed by atoms with Crippen molar-refractivity contribution in [2.75, 3.05) is 11.5 Å². The number of halogens is 3. The highest BCUT2D eigenvalue weighted by atomic mass is 32.2. The summed E-state index contributed by atoms with van der Waals surface area (Å²) < 4.78 is 67.5. The lowest BCUT2D eigenvalue weighted by molar-refractivity contribution is -0.137. The van der Waals surface area contributed by atoms with Gasteiger partial charge in [0, 0.05) is 24.4 Å². The summed E-state index contributed by atoms with van der Waals surface area (Å²) in [5.74, 6) is -0.501. The minimum atomic E-state index is -4.48. The van der Waals surface area contributed by atoms with E-state index < -0.39 is 21.6 Å². The van der Waals surface area contributed by atoms with Gasteiger partial charge in [0.1, 0.15) is 0 Å². The molecule has 1 saturated carbocycles. The van der Waals surface area contributed by atoms with Crippen LogP contribution in [-0.4, -0.2) is 42.0 Å². The summed E-state index contributed by atoms with van der Waals surface area (Å²) in [5, 5.41) is 6.39. The summed E-state index contributed by atoms with van der Waals surface area (Å²) >= 11 is 0. The van der Waals surface area contributed by atoms with E-state index in [0.717, 1.165) is 25.0 Å². The number of amides is 1. The lowest BCUT2D eigenvalue weighted by Crippen LogP contribution is -2.27. The van der Waals surface area contributed by atoms with Crippen molar-refractivity contribution in [1.29, 1.82) is 0 Å². The van der Waals surface area contributed by atoms with Crippen molar-refractivity contribution in [3.8, 4) is 11.4 Å². The van der Waals surface area contributed by atoms with Gasteiger partial charge in [-0.25, -0.2) is 8.42 Å². The van der Waals surface area contributed by atoms with Gasteiger partial charge in [0.25, 0.3) is 0 Å². The average molecular weight is 431 g/mol. The zero-order chi connectivity index (χ0) is 21.1. The van der Waals surface area contributed by atoms with E-state index in [-0.39, 0.29) is 60.0 Å². The number of rotatable bonds is 9. The van der Waals surface area contributed by atoms with Crippen molar-refractivity contribution in [3.63, 3.8) is 0 Å². The predicted molar refractivity (Wildman–Crippen MR) is 97.5 cm³/mol. The Morgan fingerprint density at radius 2 is 2.00 bits per heavy atom. The molecule has 0 spiro atoms. The SMILES string of the molecule is O=C(CCS(=O)(=O)CCCc1nc(-c2cccc(C(F)(F)F)c2)no1)NC1CC1. The van der Waals surface area contributed by atoms with Crippen molar-refractivity contribution < 1.29 is 30.9 Å². The summed E-state index contributed by atoms with van der Waals surface area (Å²) in [7, 11) is -3.41. The van der Waals surface area contributed by atoms with Crippen molar-refractivity contribution in [2.24, 2.45) is 0 Å². The number of nitrogens with one attached hydrogen (secondary N) is 1. The smallest absolute Gasteiger partial charge is 0.353 e. The van der Waals surface area contributed by atoms with Gasteiger partial charge >= 0.3 is 6.18 Å². The fourth-order valence-electron chi connectivity index (χ4n) is 2.63. The van der Waals surface area contributed by atoms with E-state index in [4.69, 9.17) is 4.52 Å². The summed E-state index contributed by atoms with van der Waals surface area (Å²) in [4.78, 5) is 15.6. The fourth-order valence-corrected chi connectivity index (χ4v) is 3.91. The number of aryl methyl sites for hydroxylation is 1. The highest BCUT2D eigenvalue weighted by Crippen LogP contribution is 2.31. The molecule has 158 valence electrons. The van der Waals surface area contributed by atoms with Crippen LogP contribution in [-0.2, 0) is 27.2 Å². The molecule has 0 bridgehead atoms. The molecule has 0 saturated heterocycles. The summed E-state index contributed by atoms with van der Waals surface area (Å²) in [6.07, 6.45) is -2.31. The van der Waals surface area contributed by atoms with Gasteiger partial charge in [-0.15, -0.1) is 0 Å². The first-order valence-electron chi connectivity index (χ1n) is 9.12. The zero-order valence-corrected chi connectivity index (χ0v) is 16.2. The molecule has 2 aromatic rings. The van der Waals surface area contributed by atoms with E-state index in [0.29, 0.717) is 0 Å². The molecular weight excluding hydrogens is 411 g/mol. The van der Waals surface area contributed by atoms with Gasteiger partial charge in [-0.05, 0) is 31.4 Å². The third-order valence-electron chi connectivity index (χ3n) is 4.34.